The molecule has 1 atom stereocenters. The number of ether oxygens (including phenoxy) is 2. The standard InChI is InChI=1S/C27H26ClN3O5/c1-30(2)18-10-8-16(9-11-18)24-23(25(32)19-13-20(28)22(36-4)14-21(19)35-3)26(33)27(34)31(24)15-17-7-5-6-12-29-17/h5-14,24,32H,15H2,1-4H3/b25-23+. The van der Waals surface area contributed by atoms with Gasteiger partial charge in [-0.3, -0.25) is 14.6 Å². The molecule has 1 aliphatic rings. The van der Waals surface area contributed by atoms with Gasteiger partial charge >= 0.3 is 0 Å². The Morgan fingerprint density at radius 2 is 1.75 bits per heavy atom. The lowest BCUT2D eigenvalue weighted by Gasteiger charge is -2.26. The molecule has 8 nitrogen and oxygen atoms in total. The maximum atomic E-state index is 13.4. The Bertz CT molecular complexity index is 1320. The predicted molar refractivity (Wildman–Crippen MR) is 137 cm³/mol. The van der Waals surface area contributed by atoms with Gasteiger partial charge in [-0.2, -0.15) is 0 Å². The van der Waals surface area contributed by atoms with Crippen LogP contribution in [0.4, 0.5) is 5.69 Å². The zero-order valence-corrected chi connectivity index (χ0v) is 21.1. The Morgan fingerprint density at radius 3 is 2.33 bits per heavy atom. The number of aliphatic hydroxyl groups is 1. The molecule has 4 rings (SSSR count). The minimum atomic E-state index is -0.853. The number of nitrogens with zero attached hydrogens (tertiary/aromatic N) is 3. The van der Waals surface area contributed by atoms with Gasteiger partial charge in [0.05, 0.1) is 48.7 Å². The molecule has 0 aliphatic carbocycles. The largest absolute Gasteiger partial charge is 0.507 e. The summed E-state index contributed by atoms with van der Waals surface area (Å²) in [7, 11) is 6.72. The fourth-order valence-corrected chi connectivity index (χ4v) is 4.44. The molecule has 1 fully saturated rings. The fraction of sp³-hybridized carbons (Fsp3) is 0.222. The third-order valence-corrected chi connectivity index (χ3v) is 6.35. The number of pyridine rings is 1. The summed E-state index contributed by atoms with van der Waals surface area (Å²) < 4.78 is 10.7. The summed E-state index contributed by atoms with van der Waals surface area (Å²) in [5.41, 5.74) is 2.33. The zero-order valence-electron chi connectivity index (χ0n) is 20.4. The number of amides is 1. The summed E-state index contributed by atoms with van der Waals surface area (Å²) in [5.74, 6) is -1.34. The molecule has 1 N–H and O–H groups in total. The first-order valence-electron chi connectivity index (χ1n) is 11.1. The van der Waals surface area contributed by atoms with Crippen LogP contribution < -0.4 is 14.4 Å². The van der Waals surface area contributed by atoms with Crippen molar-refractivity contribution in [1.82, 2.24) is 9.88 Å². The van der Waals surface area contributed by atoms with Gasteiger partial charge in [0, 0.05) is 32.0 Å². The Labute approximate surface area is 214 Å². The highest BCUT2D eigenvalue weighted by molar-refractivity contribution is 6.46. The summed E-state index contributed by atoms with van der Waals surface area (Å²) in [6.07, 6.45) is 1.62. The highest BCUT2D eigenvalue weighted by Crippen LogP contribution is 2.43. The van der Waals surface area contributed by atoms with Crippen molar-refractivity contribution in [1.29, 1.82) is 0 Å². The van der Waals surface area contributed by atoms with Crippen molar-refractivity contribution in [3.63, 3.8) is 0 Å². The molecule has 0 bridgehead atoms. The fourth-order valence-electron chi connectivity index (χ4n) is 4.20. The molecule has 36 heavy (non-hydrogen) atoms. The summed E-state index contributed by atoms with van der Waals surface area (Å²) in [6.45, 7) is 0.0861. The molecule has 1 aromatic heterocycles. The van der Waals surface area contributed by atoms with Gasteiger partial charge in [-0.15, -0.1) is 0 Å². The van der Waals surface area contributed by atoms with E-state index in [1.54, 1.807) is 18.3 Å². The molecular formula is C27H26ClN3O5. The normalized spacial score (nSPS) is 16.8. The number of halogens is 1. The lowest BCUT2D eigenvalue weighted by molar-refractivity contribution is -0.140. The molecule has 1 saturated heterocycles. The second kappa shape index (κ2) is 10.3. The molecule has 9 heteroatoms. The molecule has 2 heterocycles. The molecule has 3 aromatic rings. The highest BCUT2D eigenvalue weighted by Gasteiger charge is 2.46. The Balaban J connectivity index is 1.91. The Morgan fingerprint density at radius 1 is 1.06 bits per heavy atom. The number of hydrogen-bond donors (Lipinski definition) is 1. The van der Waals surface area contributed by atoms with E-state index in [1.165, 1.54) is 31.3 Å². The van der Waals surface area contributed by atoms with E-state index < -0.39 is 17.7 Å². The van der Waals surface area contributed by atoms with Crippen LogP contribution in [0, 0.1) is 0 Å². The van der Waals surface area contributed by atoms with Crippen LogP contribution in [-0.2, 0) is 16.1 Å². The number of aliphatic hydroxyl groups excluding tert-OH is 1. The third-order valence-electron chi connectivity index (χ3n) is 6.05. The molecule has 186 valence electrons. The van der Waals surface area contributed by atoms with Gasteiger partial charge in [-0.25, -0.2) is 0 Å². The van der Waals surface area contributed by atoms with E-state index in [0.29, 0.717) is 17.0 Å². The van der Waals surface area contributed by atoms with Gasteiger partial charge in [-0.05, 0) is 35.9 Å². The SMILES string of the molecule is COc1cc(OC)c(/C(O)=C2\C(=O)C(=O)N(Cc3ccccn3)C2c2ccc(N(C)C)cc2)cc1Cl. The van der Waals surface area contributed by atoms with Gasteiger partial charge < -0.3 is 24.4 Å². The molecule has 2 aromatic carbocycles. The van der Waals surface area contributed by atoms with Crippen molar-refractivity contribution in [3.8, 4) is 11.5 Å². The average molecular weight is 508 g/mol. The van der Waals surface area contributed by atoms with Gasteiger partial charge in [0.15, 0.2) is 0 Å². The molecule has 1 amide bonds. The van der Waals surface area contributed by atoms with Crippen molar-refractivity contribution < 1.29 is 24.2 Å². The molecular weight excluding hydrogens is 482 g/mol. The second-order valence-electron chi connectivity index (χ2n) is 8.42. The van der Waals surface area contributed by atoms with Crippen LogP contribution in [0.1, 0.15) is 22.9 Å². The first kappa shape index (κ1) is 25.1. The number of aromatic nitrogens is 1. The number of anilines is 1. The Hall–Kier alpha value is -4.04. The van der Waals surface area contributed by atoms with E-state index >= 15 is 0 Å². The number of hydrogen-bond acceptors (Lipinski definition) is 7. The number of benzene rings is 2. The number of methoxy groups -OCH3 is 2. The van der Waals surface area contributed by atoms with Crippen molar-refractivity contribution in [2.24, 2.45) is 0 Å². The van der Waals surface area contributed by atoms with Crippen LogP contribution in [0.15, 0.2) is 66.4 Å². The van der Waals surface area contributed by atoms with Gasteiger partial charge in [-0.1, -0.05) is 29.8 Å². The van der Waals surface area contributed by atoms with Gasteiger partial charge in [0.1, 0.15) is 17.3 Å². The lowest BCUT2D eigenvalue weighted by atomic mass is 9.94. The summed E-state index contributed by atoms with van der Waals surface area (Å²) in [5, 5.41) is 11.7. The number of likely N-dealkylation sites (tertiary alicyclic amines) is 1. The van der Waals surface area contributed by atoms with Crippen LogP contribution in [0.25, 0.3) is 5.76 Å². The third kappa shape index (κ3) is 4.59. The first-order valence-corrected chi connectivity index (χ1v) is 11.5. The van der Waals surface area contributed by atoms with Crippen molar-refractivity contribution >= 4 is 34.7 Å². The molecule has 0 spiro atoms. The number of carbonyl (C=O) groups is 2. The zero-order chi connectivity index (χ0) is 26.0. The van der Waals surface area contributed by atoms with Gasteiger partial charge in [0.25, 0.3) is 11.7 Å². The van der Waals surface area contributed by atoms with Crippen LogP contribution in [0.3, 0.4) is 0 Å². The molecule has 0 saturated carbocycles. The van der Waals surface area contributed by atoms with Crippen LogP contribution >= 0.6 is 11.6 Å². The van der Waals surface area contributed by atoms with Crippen LogP contribution in [0.2, 0.25) is 5.02 Å². The quantitative estimate of drug-likeness (QED) is 0.287. The average Bonchev–Trinajstić information content (AvgIpc) is 3.13. The van der Waals surface area contributed by atoms with Crippen molar-refractivity contribution in [2.45, 2.75) is 12.6 Å². The van der Waals surface area contributed by atoms with E-state index in [9.17, 15) is 14.7 Å². The van der Waals surface area contributed by atoms with Crippen molar-refractivity contribution in [2.75, 3.05) is 33.2 Å². The topological polar surface area (TPSA) is 92.2 Å². The number of Topliss-reactive ketones (excluding diaryl/α,β-unsaturated/α-hetero) is 1. The summed E-state index contributed by atoms with van der Waals surface area (Å²) >= 11 is 6.32. The number of rotatable bonds is 7. The highest BCUT2D eigenvalue weighted by atomic mass is 35.5. The van der Waals surface area contributed by atoms with E-state index in [0.717, 1.165) is 5.69 Å². The lowest BCUT2D eigenvalue weighted by Crippen LogP contribution is -2.29. The smallest absolute Gasteiger partial charge is 0.296 e. The minimum Gasteiger partial charge on any atom is -0.507 e. The number of ketones is 1. The first-order chi connectivity index (χ1) is 17.3. The monoisotopic (exact) mass is 507 g/mol. The maximum absolute atomic E-state index is 13.4. The van der Waals surface area contributed by atoms with Crippen molar-refractivity contribution in [3.05, 3.63) is 88.2 Å². The van der Waals surface area contributed by atoms with E-state index in [2.05, 4.69) is 4.98 Å². The summed E-state index contributed by atoms with van der Waals surface area (Å²) in [6, 6.07) is 14.9. The van der Waals surface area contributed by atoms with E-state index in [1.807, 2.05) is 49.3 Å². The number of carbonyl (C=O) groups excluding carboxylic acids is 2. The maximum Gasteiger partial charge on any atom is 0.296 e. The molecule has 1 unspecified atom stereocenters. The summed E-state index contributed by atoms with van der Waals surface area (Å²) in [4.78, 5) is 34.3. The molecule has 0 radical (unpaired) electrons. The molecule has 1 aliphatic heterocycles. The minimum absolute atomic E-state index is 0.0620. The second-order valence-corrected chi connectivity index (χ2v) is 8.83. The van der Waals surface area contributed by atoms with Crippen LogP contribution in [0.5, 0.6) is 11.5 Å². The van der Waals surface area contributed by atoms with E-state index in [4.69, 9.17) is 21.1 Å². The van der Waals surface area contributed by atoms with E-state index in [-0.39, 0.29) is 34.2 Å². The van der Waals surface area contributed by atoms with Crippen LogP contribution in [-0.4, -0.2) is 55.0 Å². The predicted octanol–water partition coefficient (Wildman–Crippen LogP) is 4.44. The Kier molecular flexibility index (Phi) is 7.17. The van der Waals surface area contributed by atoms with Gasteiger partial charge in [0.2, 0.25) is 0 Å².